The Balaban J connectivity index is 1.57. The normalized spacial score (nSPS) is 18.9. The van der Waals surface area contributed by atoms with Gasteiger partial charge in [-0.3, -0.25) is 0 Å². The zero-order valence-corrected chi connectivity index (χ0v) is 15.1. The number of hydrogen-bond acceptors (Lipinski definition) is 7. The SMILES string of the molecule is CS(=O)(=O)N1CCC[C@H](Nc2nccc(-n3nnc4ccccc43)n2)C1. The Morgan fingerprint density at radius 1 is 1.23 bits per heavy atom. The molecule has 10 heteroatoms. The number of rotatable bonds is 4. The van der Waals surface area contributed by atoms with Crippen molar-refractivity contribution in [3.63, 3.8) is 0 Å². The molecular formula is C16H19N7O2S. The van der Waals surface area contributed by atoms with Crippen LogP contribution in [0.25, 0.3) is 16.9 Å². The summed E-state index contributed by atoms with van der Waals surface area (Å²) in [6.45, 7) is 0.974. The molecule has 26 heavy (non-hydrogen) atoms. The second kappa shape index (κ2) is 6.61. The maximum absolute atomic E-state index is 11.8. The minimum atomic E-state index is -3.19. The smallest absolute Gasteiger partial charge is 0.224 e. The Bertz CT molecular complexity index is 1030. The van der Waals surface area contributed by atoms with Crippen LogP contribution in [0.1, 0.15) is 12.8 Å². The summed E-state index contributed by atoms with van der Waals surface area (Å²) in [6.07, 6.45) is 4.56. The van der Waals surface area contributed by atoms with Gasteiger partial charge in [0.2, 0.25) is 16.0 Å². The maximum atomic E-state index is 11.8. The van der Waals surface area contributed by atoms with Gasteiger partial charge in [-0.1, -0.05) is 17.3 Å². The third-order valence-electron chi connectivity index (χ3n) is 4.40. The summed E-state index contributed by atoms with van der Waals surface area (Å²) in [7, 11) is -3.19. The molecule has 9 nitrogen and oxygen atoms in total. The molecule has 0 radical (unpaired) electrons. The van der Waals surface area contributed by atoms with Gasteiger partial charge < -0.3 is 5.32 Å². The molecule has 2 aromatic heterocycles. The molecule has 0 saturated carbocycles. The lowest BCUT2D eigenvalue weighted by atomic mass is 10.1. The maximum Gasteiger partial charge on any atom is 0.224 e. The standard InChI is InChI=1S/C16H19N7O2S/c1-26(24,25)22-10-4-5-12(11-22)18-16-17-9-8-15(19-16)23-14-7-3-2-6-13(14)20-21-23/h2-3,6-9,12H,4-5,10-11H2,1H3,(H,17,18,19)/t12-/m0/s1. The predicted molar refractivity (Wildman–Crippen MR) is 97.5 cm³/mol. The lowest BCUT2D eigenvalue weighted by Gasteiger charge is -2.31. The van der Waals surface area contributed by atoms with Crippen molar-refractivity contribution in [3.05, 3.63) is 36.5 Å². The molecule has 3 heterocycles. The highest BCUT2D eigenvalue weighted by atomic mass is 32.2. The van der Waals surface area contributed by atoms with Crippen molar-refractivity contribution in [2.24, 2.45) is 0 Å². The van der Waals surface area contributed by atoms with Crippen LogP contribution >= 0.6 is 0 Å². The molecule has 0 unspecified atom stereocenters. The van der Waals surface area contributed by atoms with Gasteiger partial charge in [-0.15, -0.1) is 5.10 Å². The summed E-state index contributed by atoms with van der Waals surface area (Å²) in [5.41, 5.74) is 1.65. The van der Waals surface area contributed by atoms with Crippen LogP contribution in [0.5, 0.6) is 0 Å². The number of aromatic nitrogens is 5. The van der Waals surface area contributed by atoms with E-state index < -0.39 is 10.0 Å². The molecule has 1 saturated heterocycles. The summed E-state index contributed by atoms with van der Waals surface area (Å²) in [4.78, 5) is 8.78. The Hall–Kier alpha value is -2.59. The molecule has 1 atom stereocenters. The van der Waals surface area contributed by atoms with E-state index in [0.717, 1.165) is 23.9 Å². The fraction of sp³-hybridized carbons (Fsp3) is 0.375. The number of sulfonamides is 1. The van der Waals surface area contributed by atoms with Gasteiger partial charge in [0.15, 0.2) is 5.82 Å². The number of piperidine rings is 1. The molecule has 4 rings (SSSR count). The number of nitrogens with zero attached hydrogens (tertiary/aromatic N) is 6. The van der Waals surface area contributed by atoms with Gasteiger partial charge in [-0.25, -0.2) is 17.7 Å². The van der Waals surface area contributed by atoms with Gasteiger partial charge in [0.05, 0.1) is 11.8 Å². The molecule has 0 spiro atoms. The average molecular weight is 373 g/mol. The average Bonchev–Trinajstić information content (AvgIpc) is 3.06. The highest BCUT2D eigenvalue weighted by molar-refractivity contribution is 7.88. The van der Waals surface area contributed by atoms with Crippen LogP contribution in [0.2, 0.25) is 0 Å². The van der Waals surface area contributed by atoms with Crippen molar-refractivity contribution in [3.8, 4) is 5.82 Å². The van der Waals surface area contributed by atoms with Gasteiger partial charge in [0, 0.05) is 31.4 Å². The molecule has 1 aromatic carbocycles. The number of para-hydroxylation sites is 1. The minimum Gasteiger partial charge on any atom is -0.350 e. The summed E-state index contributed by atoms with van der Waals surface area (Å²) in [5, 5.41) is 11.5. The third kappa shape index (κ3) is 3.37. The Morgan fingerprint density at radius 2 is 2.08 bits per heavy atom. The van der Waals surface area contributed by atoms with Gasteiger partial charge in [-0.2, -0.15) is 9.67 Å². The minimum absolute atomic E-state index is 0.0267. The highest BCUT2D eigenvalue weighted by Crippen LogP contribution is 2.18. The van der Waals surface area contributed by atoms with E-state index in [2.05, 4.69) is 25.6 Å². The summed E-state index contributed by atoms with van der Waals surface area (Å²) >= 11 is 0. The number of hydrogen-bond donors (Lipinski definition) is 1. The largest absolute Gasteiger partial charge is 0.350 e. The number of benzene rings is 1. The van der Waals surface area contributed by atoms with E-state index in [4.69, 9.17) is 0 Å². The zero-order chi connectivity index (χ0) is 18.1. The molecule has 136 valence electrons. The quantitative estimate of drug-likeness (QED) is 0.728. The molecule has 1 N–H and O–H groups in total. The monoisotopic (exact) mass is 373 g/mol. The predicted octanol–water partition coefficient (Wildman–Crippen LogP) is 1.05. The molecule has 0 amide bonds. The van der Waals surface area contributed by atoms with Gasteiger partial charge >= 0.3 is 0 Å². The zero-order valence-electron chi connectivity index (χ0n) is 14.3. The first-order chi connectivity index (χ1) is 12.5. The number of fused-ring (bicyclic) bond motifs is 1. The summed E-state index contributed by atoms with van der Waals surface area (Å²) < 4.78 is 26.7. The first-order valence-electron chi connectivity index (χ1n) is 8.36. The van der Waals surface area contributed by atoms with Gasteiger partial charge in [0.25, 0.3) is 0 Å². The number of anilines is 1. The highest BCUT2D eigenvalue weighted by Gasteiger charge is 2.26. The molecule has 0 bridgehead atoms. The van der Waals surface area contributed by atoms with Gasteiger partial charge in [-0.05, 0) is 25.0 Å². The molecule has 1 fully saturated rings. The van der Waals surface area contributed by atoms with Crippen molar-refractivity contribution in [2.45, 2.75) is 18.9 Å². The fourth-order valence-corrected chi connectivity index (χ4v) is 4.03. The fourth-order valence-electron chi connectivity index (χ4n) is 3.12. The topological polar surface area (TPSA) is 106 Å². The van der Waals surface area contributed by atoms with E-state index in [1.165, 1.54) is 10.6 Å². The van der Waals surface area contributed by atoms with E-state index in [1.54, 1.807) is 16.9 Å². The lowest BCUT2D eigenvalue weighted by Crippen LogP contribution is -2.44. The second-order valence-corrected chi connectivity index (χ2v) is 8.32. The summed E-state index contributed by atoms with van der Waals surface area (Å²) in [6, 6.07) is 9.38. The molecular weight excluding hydrogens is 354 g/mol. The van der Waals surface area contributed by atoms with Crippen LogP contribution in [-0.4, -0.2) is 63.1 Å². The first kappa shape index (κ1) is 16.9. The summed E-state index contributed by atoms with van der Waals surface area (Å²) in [5.74, 6) is 1.05. The Kier molecular flexibility index (Phi) is 4.29. The van der Waals surface area contributed by atoms with Crippen LogP contribution in [0, 0.1) is 0 Å². The lowest BCUT2D eigenvalue weighted by molar-refractivity contribution is 0.328. The van der Waals surface area contributed by atoms with Crippen LogP contribution in [0.15, 0.2) is 36.5 Å². The van der Waals surface area contributed by atoms with Crippen molar-refractivity contribution < 1.29 is 8.42 Å². The Labute approximate surface area is 151 Å². The van der Waals surface area contributed by atoms with E-state index in [-0.39, 0.29) is 6.04 Å². The molecule has 1 aliphatic rings. The van der Waals surface area contributed by atoms with Crippen LogP contribution in [-0.2, 0) is 10.0 Å². The van der Waals surface area contributed by atoms with Crippen molar-refractivity contribution >= 4 is 27.0 Å². The van der Waals surface area contributed by atoms with E-state index in [1.807, 2.05) is 24.3 Å². The molecule has 0 aliphatic carbocycles. The first-order valence-corrected chi connectivity index (χ1v) is 10.2. The van der Waals surface area contributed by atoms with Gasteiger partial charge in [0.1, 0.15) is 5.52 Å². The number of nitrogens with one attached hydrogen (secondary N) is 1. The van der Waals surface area contributed by atoms with Crippen molar-refractivity contribution in [1.29, 1.82) is 0 Å². The van der Waals surface area contributed by atoms with Crippen LogP contribution in [0.3, 0.4) is 0 Å². The van der Waals surface area contributed by atoms with Crippen molar-refractivity contribution in [2.75, 3.05) is 24.7 Å². The second-order valence-electron chi connectivity index (χ2n) is 6.33. The van der Waals surface area contributed by atoms with E-state index in [9.17, 15) is 8.42 Å². The van der Waals surface area contributed by atoms with Crippen molar-refractivity contribution in [1.82, 2.24) is 29.3 Å². The van der Waals surface area contributed by atoms with Crippen LogP contribution < -0.4 is 5.32 Å². The van der Waals surface area contributed by atoms with E-state index >= 15 is 0 Å². The molecule has 3 aromatic rings. The van der Waals surface area contributed by atoms with E-state index in [0.29, 0.717) is 24.9 Å². The van der Waals surface area contributed by atoms with Crippen LogP contribution in [0.4, 0.5) is 5.95 Å². The molecule has 1 aliphatic heterocycles. The third-order valence-corrected chi connectivity index (χ3v) is 5.67. The Morgan fingerprint density at radius 3 is 2.92 bits per heavy atom.